The molecule has 7 nitrogen and oxygen atoms in total. The van der Waals surface area contributed by atoms with E-state index >= 15 is 0 Å². The Morgan fingerprint density at radius 1 is 1.37 bits per heavy atom. The molecule has 1 unspecified atom stereocenters. The molecule has 19 heavy (non-hydrogen) atoms. The predicted octanol–water partition coefficient (Wildman–Crippen LogP) is 0.300. The van der Waals surface area contributed by atoms with Gasteiger partial charge in [0, 0.05) is 6.42 Å². The molecule has 0 aliphatic heterocycles. The Labute approximate surface area is 121 Å². The van der Waals surface area contributed by atoms with Crippen molar-refractivity contribution < 1.29 is 9.59 Å². The van der Waals surface area contributed by atoms with E-state index in [1.165, 1.54) is 11.3 Å². The number of aromatic nitrogens is 2. The summed E-state index contributed by atoms with van der Waals surface area (Å²) in [5, 5.41) is 11.5. The molecule has 5 N–H and O–H groups in total. The van der Waals surface area contributed by atoms with Crippen molar-refractivity contribution >= 4 is 40.7 Å². The van der Waals surface area contributed by atoms with E-state index in [9.17, 15) is 9.59 Å². The van der Waals surface area contributed by atoms with Crippen LogP contribution in [0.25, 0.3) is 0 Å². The first-order valence-corrected chi connectivity index (χ1v) is 6.37. The summed E-state index contributed by atoms with van der Waals surface area (Å²) in [4.78, 5) is 22.2. The molecule has 0 bridgehead atoms. The number of nitrogens with one attached hydrogen (secondary N) is 1. The van der Waals surface area contributed by atoms with E-state index in [0.717, 1.165) is 11.4 Å². The van der Waals surface area contributed by atoms with Crippen molar-refractivity contribution in [2.45, 2.75) is 32.7 Å². The first kappa shape index (κ1) is 17.8. The van der Waals surface area contributed by atoms with Crippen molar-refractivity contribution in [1.82, 2.24) is 10.2 Å². The van der Waals surface area contributed by atoms with Crippen LogP contribution in [0.2, 0.25) is 0 Å². The summed E-state index contributed by atoms with van der Waals surface area (Å²) in [6.07, 6.45) is 0.615. The van der Waals surface area contributed by atoms with Gasteiger partial charge in [-0.2, -0.15) is 0 Å². The maximum absolute atomic E-state index is 11.6. The highest BCUT2D eigenvalue weighted by Crippen LogP contribution is 2.18. The Morgan fingerprint density at radius 3 is 2.53 bits per heavy atom. The zero-order valence-electron chi connectivity index (χ0n) is 10.8. The highest BCUT2D eigenvalue weighted by atomic mass is 35.5. The Bertz CT molecular complexity index is 437. The van der Waals surface area contributed by atoms with Gasteiger partial charge in [0.15, 0.2) is 0 Å². The van der Waals surface area contributed by atoms with E-state index in [1.54, 1.807) is 0 Å². The number of carbonyl (C=O) groups excluding carboxylic acids is 2. The largest absolute Gasteiger partial charge is 0.370 e. The van der Waals surface area contributed by atoms with Crippen LogP contribution >= 0.6 is 23.7 Å². The lowest BCUT2D eigenvalue weighted by molar-refractivity contribution is -0.123. The monoisotopic (exact) mass is 307 g/mol. The number of rotatable bonds is 6. The Morgan fingerprint density at radius 2 is 2.00 bits per heavy atom. The lowest BCUT2D eigenvalue weighted by Gasteiger charge is -2.07. The van der Waals surface area contributed by atoms with E-state index in [2.05, 4.69) is 29.4 Å². The van der Waals surface area contributed by atoms with Crippen LogP contribution in [0.15, 0.2) is 0 Å². The summed E-state index contributed by atoms with van der Waals surface area (Å²) >= 11 is 1.30. The molecule has 108 valence electrons. The molecule has 0 aromatic carbocycles. The van der Waals surface area contributed by atoms with Crippen LogP contribution in [0.5, 0.6) is 0 Å². The topological polar surface area (TPSA) is 124 Å². The zero-order valence-corrected chi connectivity index (χ0v) is 12.4. The molecule has 0 aliphatic carbocycles. The second kappa shape index (κ2) is 8.03. The first-order valence-electron chi connectivity index (χ1n) is 5.55. The highest BCUT2D eigenvalue weighted by molar-refractivity contribution is 7.15. The van der Waals surface area contributed by atoms with Gasteiger partial charge < -0.3 is 11.5 Å². The lowest BCUT2D eigenvalue weighted by atomic mass is 10.1. The fourth-order valence-electron chi connectivity index (χ4n) is 1.24. The second-order valence-corrected chi connectivity index (χ2v) is 5.43. The maximum Gasteiger partial charge on any atom is 0.243 e. The molecule has 0 saturated carbocycles. The third-order valence-corrected chi connectivity index (χ3v) is 2.90. The molecular formula is C10H18ClN5O2S. The maximum atomic E-state index is 11.6. The van der Waals surface area contributed by atoms with Gasteiger partial charge in [0.05, 0.1) is 12.5 Å². The smallest absolute Gasteiger partial charge is 0.243 e. The number of anilines is 1. The molecule has 0 aliphatic rings. The molecule has 2 amide bonds. The standard InChI is InChI=1S/C10H17N5O2S.ClH/c1-5(2)3-8-14-15-10(18-8)13-9(17)6(11)4-7(12)16;/h5-6H,3-4,11H2,1-2H3,(H2,12,16)(H,13,15,17);1H. The van der Waals surface area contributed by atoms with Crippen molar-refractivity contribution in [2.24, 2.45) is 17.4 Å². The summed E-state index contributed by atoms with van der Waals surface area (Å²) < 4.78 is 0. The Hall–Kier alpha value is -1.25. The molecule has 0 spiro atoms. The van der Waals surface area contributed by atoms with Gasteiger partial charge in [-0.3, -0.25) is 14.9 Å². The van der Waals surface area contributed by atoms with Crippen LogP contribution in [0.1, 0.15) is 25.3 Å². The van der Waals surface area contributed by atoms with Gasteiger partial charge in [-0.05, 0) is 5.92 Å². The summed E-state index contributed by atoms with van der Waals surface area (Å²) in [6, 6.07) is -0.958. The molecule has 1 atom stereocenters. The number of hydrogen-bond acceptors (Lipinski definition) is 6. The van der Waals surface area contributed by atoms with Crippen LogP contribution in [-0.2, 0) is 16.0 Å². The number of halogens is 1. The van der Waals surface area contributed by atoms with Crippen LogP contribution in [-0.4, -0.2) is 28.1 Å². The van der Waals surface area contributed by atoms with Gasteiger partial charge >= 0.3 is 0 Å². The molecule has 0 saturated heterocycles. The summed E-state index contributed by atoms with van der Waals surface area (Å²) in [5.41, 5.74) is 10.5. The number of primary amides is 1. The molecule has 9 heteroatoms. The summed E-state index contributed by atoms with van der Waals surface area (Å²) in [5.74, 6) is -0.630. The second-order valence-electron chi connectivity index (χ2n) is 4.37. The predicted molar refractivity (Wildman–Crippen MR) is 76.1 cm³/mol. The number of hydrogen-bond donors (Lipinski definition) is 3. The van der Waals surface area contributed by atoms with E-state index in [4.69, 9.17) is 11.5 Å². The first-order chi connectivity index (χ1) is 8.38. The van der Waals surface area contributed by atoms with Crippen molar-refractivity contribution in [1.29, 1.82) is 0 Å². The van der Waals surface area contributed by atoms with E-state index in [1.807, 2.05) is 0 Å². The number of nitrogens with two attached hydrogens (primary N) is 2. The minimum absolute atomic E-state index is 0. The van der Waals surface area contributed by atoms with Gasteiger partial charge in [-0.1, -0.05) is 25.2 Å². The number of nitrogens with zero attached hydrogens (tertiary/aromatic N) is 2. The summed E-state index contributed by atoms with van der Waals surface area (Å²) in [7, 11) is 0. The average Bonchev–Trinajstić information content (AvgIpc) is 2.63. The highest BCUT2D eigenvalue weighted by Gasteiger charge is 2.17. The minimum atomic E-state index is -0.958. The number of carbonyl (C=O) groups is 2. The summed E-state index contributed by atoms with van der Waals surface area (Å²) in [6.45, 7) is 4.14. The van der Waals surface area contributed by atoms with Gasteiger partial charge in [0.2, 0.25) is 16.9 Å². The third-order valence-electron chi connectivity index (χ3n) is 2.04. The van der Waals surface area contributed by atoms with E-state index < -0.39 is 17.9 Å². The fourth-order valence-corrected chi connectivity index (χ4v) is 2.20. The van der Waals surface area contributed by atoms with Crippen LogP contribution in [0, 0.1) is 5.92 Å². The fraction of sp³-hybridized carbons (Fsp3) is 0.600. The lowest BCUT2D eigenvalue weighted by Crippen LogP contribution is -2.38. The molecule has 1 rings (SSSR count). The normalized spacial score (nSPS) is 11.8. The minimum Gasteiger partial charge on any atom is -0.370 e. The molecule has 0 radical (unpaired) electrons. The van der Waals surface area contributed by atoms with Gasteiger partial charge in [-0.15, -0.1) is 22.6 Å². The van der Waals surface area contributed by atoms with Crippen molar-refractivity contribution in [2.75, 3.05) is 5.32 Å². The van der Waals surface area contributed by atoms with E-state index in [0.29, 0.717) is 11.0 Å². The van der Waals surface area contributed by atoms with Gasteiger partial charge in [0.1, 0.15) is 5.01 Å². The van der Waals surface area contributed by atoms with Crippen molar-refractivity contribution in [3.8, 4) is 0 Å². The SMILES string of the molecule is CC(C)Cc1nnc(NC(=O)C(N)CC(N)=O)s1.Cl. The van der Waals surface area contributed by atoms with Crippen LogP contribution in [0.4, 0.5) is 5.13 Å². The molecular weight excluding hydrogens is 290 g/mol. The average molecular weight is 308 g/mol. The quantitative estimate of drug-likeness (QED) is 0.697. The van der Waals surface area contributed by atoms with Gasteiger partial charge in [0.25, 0.3) is 0 Å². The van der Waals surface area contributed by atoms with Crippen LogP contribution in [0.3, 0.4) is 0 Å². The van der Waals surface area contributed by atoms with E-state index in [-0.39, 0.29) is 18.8 Å². The molecule has 1 aromatic rings. The Kier molecular flexibility index (Phi) is 7.50. The van der Waals surface area contributed by atoms with Crippen molar-refractivity contribution in [3.05, 3.63) is 5.01 Å². The Balaban J connectivity index is 0.00000324. The van der Waals surface area contributed by atoms with Gasteiger partial charge in [-0.25, -0.2) is 0 Å². The zero-order chi connectivity index (χ0) is 13.7. The van der Waals surface area contributed by atoms with Crippen molar-refractivity contribution in [3.63, 3.8) is 0 Å². The molecule has 1 heterocycles. The molecule has 1 aromatic heterocycles. The number of amides is 2. The molecule has 0 fully saturated rings. The third kappa shape index (κ3) is 6.46. The van der Waals surface area contributed by atoms with Crippen LogP contribution < -0.4 is 16.8 Å².